The van der Waals surface area contributed by atoms with Crippen LogP contribution in [0, 0.1) is 0 Å². The van der Waals surface area contributed by atoms with E-state index in [-0.39, 0.29) is 10.6 Å². The zero-order chi connectivity index (χ0) is 15.5. The van der Waals surface area contributed by atoms with Crippen LogP contribution >= 0.6 is 0 Å². The maximum atomic E-state index is 11.7. The van der Waals surface area contributed by atoms with Crippen molar-refractivity contribution in [1.29, 1.82) is 0 Å². The number of para-hydroxylation sites is 1. The smallest absolute Gasteiger partial charge is 0.177 e. The van der Waals surface area contributed by atoms with E-state index >= 15 is 0 Å². The lowest BCUT2D eigenvalue weighted by atomic mass is 10.2. The molecular weight excluding hydrogens is 288 g/mol. The lowest BCUT2D eigenvalue weighted by molar-refractivity contribution is 0.340. The Morgan fingerprint density at radius 1 is 1.14 bits per heavy atom. The van der Waals surface area contributed by atoms with Gasteiger partial charge in [0.25, 0.3) is 0 Å². The van der Waals surface area contributed by atoms with Crippen LogP contribution < -0.4 is 15.8 Å². The topological polar surface area (TPSA) is 81.4 Å². The van der Waals surface area contributed by atoms with E-state index in [2.05, 4.69) is 5.32 Å². The number of hydrogen-bond donors (Lipinski definition) is 2. The van der Waals surface area contributed by atoms with Gasteiger partial charge in [-0.2, -0.15) is 0 Å². The van der Waals surface area contributed by atoms with E-state index in [0.29, 0.717) is 12.3 Å². The molecule has 2 aromatic carbocycles. The third kappa shape index (κ3) is 3.66. The molecule has 0 aliphatic heterocycles. The molecule has 6 heteroatoms. The average molecular weight is 306 g/mol. The van der Waals surface area contributed by atoms with Crippen molar-refractivity contribution in [2.24, 2.45) is 0 Å². The Morgan fingerprint density at radius 2 is 1.81 bits per heavy atom. The predicted octanol–water partition coefficient (Wildman–Crippen LogP) is 2.81. The van der Waals surface area contributed by atoms with E-state index in [1.807, 2.05) is 31.2 Å². The SMILES string of the molecule is CCOc1ccc(Nc2cccc(S(C)(=O)=O)c2N)cc1. The van der Waals surface area contributed by atoms with Gasteiger partial charge < -0.3 is 15.8 Å². The number of rotatable bonds is 5. The molecule has 0 radical (unpaired) electrons. The Labute approximate surface area is 124 Å². The van der Waals surface area contributed by atoms with Gasteiger partial charge in [0.05, 0.1) is 22.9 Å². The van der Waals surface area contributed by atoms with Crippen LogP contribution in [0.25, 0.3) is 0 Å². The van der Waals surface area contributed by atoms with Crippen molar-refractivity contribution in [3.63, 3.8) is 0 Å². The largest absolute Gasteiger partial charge is 0.494 e. The number of ether oxygens (including phenoxy) is 1. The Bertz CT molecular complexity index is 725. The number of hydrogen-bond acceptors (Lipinski definition) is 5. The van der Waals surface area contributed by atoms with Crippen LogP contribution in [0.15, 0.2) is 47.4 Å². The summed E-state index contributed by atoms with van der Waals surface area (Å²) < 4.78 is 28.7. The molecule has 2 aromatic rings. The molecule has 0 unspecified atom stereocenters. The van der Waals surface area contributed by atoms with Crippen molar-refractivity contribution in [1.82, 2.24) is 0 Å². The summed E-state index contributed by atoms with van der Waals surface area (Å²) in [5.41, 5.74) is 7.50. The van der Waals surface area contributed by atoms with Crippen molar-refractivity contribution in [3.8, 4) is 5.75 Å². The number of nitrogens with one attached hydrogen (secondary N) is 1. The molecule has 0 aliphatic rings. The maximum absolute atomic E-state index is 11.7. The molecule has 0 aliphatic carbocycles. The first-order valence-electron chi connectivity index (χ1n) is 6.50. The van der Waals surface area contributed by atoms with E-state index in [1.54, 1.807) is 12.1 Å². The molecule has 5 nitrogen and oxygen atoms in total. The predicted molar refractivity (Wildman–Crippen MR) is 84.9 cm³/mol. The summed E-state index contributed by atoms with van der Waals surface area (Å²) in [6.07, 6.45) is 1.14. The van der Waals surface area contributed by atoms with Gasteiger partial charge >= 0.3 is 0 Å². The van der Waals surface area contributed by atoms with E-state index < -0.39 is 9.84 Å². The van der Waals surface area contributed by atoms with Crippen LogP contribution in [-0.4, -0.2) is 21.3 Å². The lowest BCUT2D eigenvalue weighted by Crippen LogP contribution is -2.05. The van der Waals surface area contributed by atoms with Crippen LogP contribution in [0.3, 0.4) is 0 Å². The molecule has 0 spiro atoms. The Balaban J connectivity index is 2.28. The number of sulfone groups is 1. The summed E-state index contributed by atoms with van der Waals surface area (Å²) in [5, 5.41) is 3.11. The summed E-state index contributed by atoms with van der Waals surface area (Å²) >= 11 is 0. The standard InChI is InChI=1S/C15H18N2O3S/c1-3-20-12-9-7-11(8-10-12)17-13-5-4-6-14(15(13)16)21(2,18)19/h4-10,17H,3,16H2,1-2H3. The molecule has 0 saturated heterocycles. The first kappa shape index (κ1) is 15.2. The van der Waals surface area contributed by atoms with Gasteiger partial charge in [-0.25, -0.2) is 8.42 Å². The summed E-state index contributed by atoms with van der Waals surface area (Å²) in [6, 6.07) is 12.2. The fourth-order valence-electron chi connectivity index (χ4n) is 1.93. The molecule has 112 valence electrons. The quantitative estimate of drug-likeness (QED) is 0.830. The fourth-order valence-corrected chi connectivity index (χ4v) is 2.77. The summed E-state index contributed by atoms with van der Waals surface area (Å²) in [6.45, 7) is 2.53. The van der Waals surface area contributed by atoms with Crippen molar-refractivity contribution < 1.29 is 13.2 Å². The van der Waals surface area contributed by atoms with Gasteiger partial charge in [-0.1, -0.05) is 6.07 Å². The van der Waals surface area contributed by atoms with Crippen LogP contribution in [-0.2, 0) is 9.84 Å². The lowest BCUT2D eigenvalue weighted by Gasteiger charge is -2.12. The zero-order valence-corrected chi connectivity index (χ0v) is 12.8. The molecule has 0 fully saturated rings. The van der Waals surface area contributed by atoms with Crippen LogP contribution in [0.2, 0.25) is 0 Å². The van der Waals surface area contributed by atoms with Gasteiger partial charge in [-0.05, 0) is 43.3 Å². The van der Waals surface area contributed by atoms with Crippen molar-refractivity contribution >= 4 is 26.9 Å². The molecule has 0 atom stereocenters. The maximum Gasteiger partial charge on any atom is 0.177 e. The number of benzene rings is 2. The monoisotopic (exact) mass is 306 g/mol. The summed E-state index contributed by atoms with van der Waals surface area (Å²) in [7, 11) is -3.35. The van der Waals surface area contributed by atoms with Gasteiger partial charge in [0.1, 0.15) is 5.75 Å². The molecular formula is C15H18N2O3S. The molecule has 0 saturated carbocycles. The fraction of sp³-hybridized carbons (Fsp3) is 0.200. The van der Waals surface area contributed by atoms with Crippen LogP contribution in [0.5, 0.6) is 5.75 Å². The van der Waals surface area contributed by atoms with Crippen LogP contribution in [0.1, 0.15) is 6.92 Å². The highest BCUT2D eigenvalue weighted by Gasteiger charge is 2.14. The van der Waals surface area contributed by atoms with E-state index in [1.165, 1.54) is 6.07 Å². The van der Waals surface area contributed by atoms with Gasteiger partial charge in [0.2, 0.25) is 0 Å². The number of nitrogens with two attached hydrogens (primary N) is 1. The van der Waals surface area contributed by atoms with E-state index in [9.17, 15) is 8.42 Å². The molecule has 0 amide bonds. The minimum atomic E-state index is -3.35. The molecule has 0 bridgehead atoms. The van der Waals surface area contributed by atoms with Crippen molar-refractivity contribution in [2.75, 3.05) is 23.9 Å². The zero-order valence-electron chi connectivity index (χ0n) is 12.0. The van der Waals surface area contributed by atoms with Crippen LogP contribution in [0.4, 0.5) is 17.1 Å². The summed E-state index contributed by atoms with van der Waals surface area (Å²) in [5.74, 6) is 0.779. The van der Waals surface area contributed by atoms with Crippen molar-refractivity contribution in [2.45, 2.75) is 11.8 Å². The van der Waals surface area contributed by atoms with Gasteiger partial charge in [0, 0.05) is 11.9 Å². The highest BCUT2D eigenvalue weighted by Crippen LogP contribution is 2.29. The van der Waals surface area contributed by atoms with E-state index in [0.717, 1.165) is 17.7 Å². The van der Waals surface area contributed by atoms with Gasteiger partial charge in [-0.3, -0.25) is 0 Å². The van der Waals surface area contributed by atoms with Crippen molar-refractivity contribution in [3.05, 3.63) is 42.5 Å². The minimum Gasteiger partial charge on any atom is -0.494 e. The third-order valence-electron chi connectivity index (χ3n) is 2.91. The second-order valence-electron chi connectivity index (χ2n) is 4.57. The Morgan fingerprint density at radius 3 is 2.38 bits per heavy atom. The van der Waals surface area contributed by atoms with Gasteiger partial charge in [-0.15, -0.1) is 0 Å². The summed E-state index contributed by atoms with van der Waals surface area (Å²) in [4.78, 5) is 0.124. The normalized spacial score (nSPS) is 11.1. The molecule has 3 N–H and O–H groups in total. The first-order valence-corrected chi connectivity index (χ1v) is 8.39. The molecule has 2 rings (SSSR count). The Kier molecular flexibility index (Phi) is 4.37. The van der Waals surface area contributed by atoms with Gasteiger partial charge in [0.15, 0.2) is 9.84 Å². The first-order chi connectivity index (χ1) is 9.91. The Hall–Kier alpha value is -2.21. The third-order valence-corrected chi connectivity index (χ3v) is 4.06. The second-order valence-corrected chi connectivity index (χ2v) is 6.56. The highest BCUT2D eigenvalue weighted by atomic mass is 32.2. The minimum absolute atomic E-state index is 0.124. The molecule has 21 heavy (non-hydrogen) atoms. The highest BCUT2D eigenvalue weighted by molar-refractivity contribution is 7.90. The number of anilines is 3. The molecule has 0 heterocycles. The average Bonchev–Trinajstić information content (AvgIpc) is 2.42. The van der Waals surface area contributed by atoms with E-state index in [4.69, 9.17) is 10.5 Å². The number of nitrogen functional groups attached to an aromatic ring is 1. The second kappa shape index (κ2) is 6.05. The molecule has 0 aromatic heterocycles.